The summed E-state index contributed by atoms with van der Waals surface area (Å²) in [5.41, 5.74) is 0.683. The lowest BCUT2D eigenvalue weighted by atomic mass is 10.1. The quantitative estimate of drug-likeness (QED) is 0.832. The number of carbonyl (C=O) groups excluding carboxylic acids is 1. The van der Waals surface area contributed by atoms with Crippen molar-refractivity contribution in [2.45, 2.75) is 13.5 Å². The van der Waals surface area contributed by atoms with Crippen LogP contribution in [0, 0.1) is 6.92 Å². The third-order valence-electron chi connectivity index (χ3n) is 2.68. The van der Waals surface area contributed by atoms with Gasteiger partial charge in [0, 0.05) is 27.6 Å². The van der Waals surface area contributed by atoms with Crippen LogP contribution in [0.3, 0.4) is 0 Å². The minimum Gasteiger partial charge on any atom is -0.478 e. The maximum absolute atomic E-state index is 12.1. The van der Waals surface area contributed by atoms with Crippen molar-refractivity contribution in [1.82, 2.24) is 10.3 Å². The summed E-state index contributed by atoms with van der Waals surface area (Å²) in [6.07, 6.45) is 3.85. The molecule has 6 heteroatoms. The van der Waals surface area contributed by atoms with Crippen molar-refractivity contribution < 1.29 is 14.7 Å². The third-order valence-corrected chi connectivity index (χ3v) is 3.68. The molecular weight excluding hydrogens is 288 g/mol. The Morgan fingerprint density at radius 3 is 2.86 bits per heavy atom. The van der Waals surface area contributed by atoms with E-state index >= 15 is 0 Å². The summed E-state index contributed by atoms with van der Waals surface area (Å²) in [6.45, 7) is 2.43. The molecule has 0 aliphatic rings. The van der Waals surface area contributed by atoms with Gasteiger partial charge in [-0.05, 0) is 31.2 Å². The van der Waals surface area contributed by atoms with Crippen LogP contribution in [0.5, 0.6) is 0 Å². The molecule has 2 N–H and O–H groups in total. The number of thiophene rings is 1. The first kappa shape index (κ1) is 14.9. The van der Waals surface area contributed by atoms with Crippen LogP contribution in [-0.2, 0) is 11.3 Å². The highest BCUT2D eigenvalue weighted by atomic mass is 32.1. The molecule has 0 fully saturated rings. The van der Waals surface area contributed by atoms with Crippen LogP contribution in [0.2, 0.25) is 0 Å². The number of nitrogens with one attached hydrogen (secondary N) is 1. The van der Waals surface area contributed by atoms with Gasteiger partial charge in [-0.15, -0.1) is 11.3 Å². The molecule has 0 saturated carbocycles. The molecule has 2 aromatic rings. The summed E-state index contributed by atoms with van der Waals surface area (Å²) in [7, 11) is 0. The molecule has 108 valence electrons. The zero-order valence-electron chi connectivity index (χ0n) is 11.4. The number of aliphatic carboxylic acids is 1. The maximum atomic E-state index is 12.1. The fraction of sp³-hybridized carbons (Fsp3) is 0.133. The molecule has 2 rings (SSSR count). The van der Waals surface area contributed by atoms with Crippen LogP contribution < -0.4 is 5.32 Å². The highest BCUT2D eigenvalue weighted by Crippen LogP contribution is 2.15. The van der Waals surface area contributed by atoms with Crippen molar-refractivity contribution >= 4 is 29.3 Å². The number of pyridine rings is 1. The molecule has 0 radical (unpaired) electrons. The Balaban J connectivity index is 2.10. The second-order valence-electron chi connectivity index (χ2n) is 4.31. The van der Waals surface area contributed by atoms with Gasteiger partial charge in [-0.25, -0.2) is 4.79 Å². The van der Waals surface area contributed by atoms with Crippen molar-refractivity contribution in [2.24, 2.45) is 0 Å². The summed E-state index contributed by atoms with van der Waals surface area (Å²) < 4.78 is 0. The smallest absolute Gasteiger partial charge is 0.328 e. The van der Waals surface area contributed by atoms with Crippen LogP contribution in [-0.4, -0.2) is 22.0 Å². The minimum absolute atomic E-state index is 0.211. The molecular formula is C15H14N2O3S. The van der Waals surface area contributed by atoms with E-state index in [1.807, 2.05) is 19.1 Å². The average molecular weight is 302 g/mol. The van der Waals surface area contributed by atoms with Gasteiger partial charge in [-0.1, -0.05) is 6.07 Å². The number of carbonyl (C=O) groups is 2. The lowest BCUT2D eigenvalue weighted by Gasteiger charge is -2.05. The summed E-state index contributed by atoms with van der Waals surface area (Å²) in [4.78, 5) is 29.0. The molecule has 5 nitrogen and oxygen atoms in total. The van der Waals surface area contributed by atoms with Crippen molar-refractivity contribution in [2.75, 3.05) is 0 Å². The Bertz CT molecular complexity index is 692. The molecule has 0 saturated heterocycles. The number of amides is 1. The normalized spacial score (nSPS) is 10.7. The molecule has 0 aliphatic carbocycles. The Hall–Kier alpha value is -2.47. The second kappa shape index (κ2) is 6.81. The average Bonchev–Trinajstić information content (AvgIpc) is 2.88. The molecule has 21 heavy (non-hydrogen) atoms. The van der Waals surface area contributed by atoms with Gasteiger partial charge in [-0.2, -0.15) is 0 Å². The zero-order chi connectivity index (χ0) is 15.2. The lowest BCUT2D eigenvalue weighted by Crippen LogP contribution is -2.24. The van der Waals surface area contributed by atoms with Gasteiger partial charge in [-0.3, -0.25) is 9.78 Å². The number of carboxylic acids is 1. The Kier molecular flexibility index (Phi) is 4.84. The second-order valence-corrected chi connectivity index (χ2v) is 5.68. The van der Waals surface area contributed by atoms with Gasteiger partial charge in [0.1, 0.15) is 5.69 Å². The summed E-state index contributed by atoms with van der Waals surface area (Å²) in [5.74, 6) is -1.40. The predicted octanol–water partition coefficient (Wildman–Crippen LogP) is 2.48. The molecule has 1 amide bonds. The zero-order valence-corrected chi connectivity index (χ0v) is 12.2. The Morgan fingerprint density at radius 1 is 1.38 bits per heavy atom. The minimum atomic E-state index is -1.07. The van der Waals surface area contributed by atoms with Crippen LogP contribution in [0.4, 0.5) is 0 Å². The molecule has 2 aromatic heterocycles. The van der Waals surface area contributed by atoms with Crippen LogP contribution in [0.15, 0.2) is 36.5 Å². The predicted molar refractivity (Wildman–Crippen MR) is 81.1 cm³/mol. The van der Waals surface area contributed by atoms with E-state index in [0.29, 0.717) is 12.1 Å². The van der Waals surface area contributed by atoms with Crippen LogP contribution in [0.25, 0.3) is 6.08 Å². The van der Waals surface area contributed by atoms with E-state index in [0.717, 1.165) is 11.0 Å². The number of hydrogen-bond acceptors (Lipinski definition) is 4. The van der Waals surface area contributed by atoms with Crippen molar-refractivity contribution in [3.63, 3.8) is 0 Å². The summed E-state index contributed by atoms with van der Waals surface area (Å²) in [6, 6.07) is 7.26. The van der Waals surface area contributed by atoms with Gasteiger partial charge in [0.2, 0.25) is 0 Å². The summed E-state index contributed by atoms with van der Waals surface area (Å²) in [5, 5.41) is 11.4. The van der Waals surface area contributed by atoms with Crippen LogP contribution in [0.1, 0.15) is 25.8 Å². The van der Waals surface area contributed by atoms with E-state index in [4.69, 9.17) is 5.11 Å². The number of aryl methyl sites for hydroxylation is 1. The fourth-order valence-corrected chi connectivity index (χ4v) is 2.56. The van der Waals surface area contributed by atoms with E-state index in [2.05, 4.69) is 10.3 Å². The van der Waals surface area contributed by atoms with E-state index in [9.17, 15) is 9.59 Å². The van der Waals surface area contributed by atoms with Gasteiger partial charge in [0.15, 0.2) is 0 Å². The number of rotatable bonds is 5. The SMILES string of the molecule is Cc1ccc(CNC(=O)c2ncccc2/C=C/C(=O)O)s1. The van der Waals surface area contributed by atoms with Gasteiger partial charge in [0.25, 0.3) is 5.91 Å². The molecule has 0 bridgehead atoms. The van der Waals surface area contributed by atoms with E-state index in [-0.39, 0.29) is 11.6 Å². The van der Waals surface area contributed by atoms with Crippen molar-refractivity contribution in [1.29, 1.82) is 0 Å². The lowest BCUT2D eigenvalue weighted by molar-refractivity contribution is -0.131. The first-order valence-corrected chi connectivity index (χ1v) is 7.07. The molecule has 0 aliphatic heterocycles. The first-order chi connectivity index (χ1) is 10.1. The van der Waals surface area contributed by atoms with E-state index < -0.39 is 5.97 Å². The number of carboxylic acid groups (broad SMARTS) is 1. The topological polar surface area (TPSA) is 79.3 Å². The molecule has 0 spiro atoms. The van der Waals surface area contributed by atoms with Crippen molar-refractivity contribution in [3.05, 3.63) is 57.6 Å². The standard InChI is InChI=1S/C15H14N2O3S/c1-10-4-6-12(21-10)9-17-15(20)14-11(3-2-8-16-14)5-7-13(18)19/h2-8H,9H2,1H3,(H,17,20)(H,18,19)/b7-5+. The molecule has 2 heterocycles. The fourth-order valence-electron chi connectivity index (χ4n) is 1.73. The van der Waals surface area contributed by atoms with Gasteiger partial charge in [0.05, 0.1) is 6.54 Å². The molecule has 0 unspecified atom stereocenters. The van der Waals surface area contributed by atoms with E-state index in [1.165, 1.54) is 17.2 Å². The number of aromatic nitrogens is 1. The largest absolute Gasteiger partial charge is 0.478 e. The van der Waals surface area contributed by atoms with E-state index in [1.54, 1.807) is 23.5 Å². The third kappa shape index (κ3) is 4.25. The van der Waals surface area contributed by atoms with Gasteiger partial charge < -0.3 is 10.4 Å². The first-order valence-electron chi connectivity index (χ1n) is 6.26. The Labute approximate surface area is 126 Å². The molecule has 0 atom stereocenters. The maximum Gasteiger partial charge on any atom is 0.328 e. The Morgan fingerprint density at radius 2 is 2.19 bits per heavy atom. The number of hydrogen-bond donors (Lipinski definition) is 2. The van der Waals surface area contributed by atoms with Gasteiger partial charge >= 0.3 is 5.97 Å². The highest BCUT2D eigenvalue weighted by Gasteiger charge is 2.11. The van der Waals surface area contributed by atoms with Crippen LogP contribution >= 0.6 is 11.3 Å². The number of nitrogens with zero attached hydrogens (tertiary/aromatic N) is 1. The monoisotopic (exact) mass is 302 g/mol. The molecule has 0 aromatic carbocycles. The summed E-state index contributed by atoms with van der Waals surface area (Å²) >= 11 is 1.62. The highest BCUT2D eigenvalue weighted by molar-refractivity contribution is 7.11. The van der Waals surface area contributed by atoms with Crippen molar-refractivity contribution in [3.8, 4) is 0 Å².